The van der Waals surface area contributed by atoms with Crippen LogP contribution in [-0.2, 0) is 23.8 Å². The Morgan fingerprint density at radius 1 is 0.933 bits per heavy atom. The Morgan fingerprint density at radius 3 is 2.00 bits per heavy atom. The molecule has 2 heterocycles. The molecule has 0 fully saturated rings. The molecular weight excluding hydrogens is 406 g/mol. The van der Waals surface area contributed by atoms with Crippen molar-refractivity contribution in [2.45, 2.75) is 12.8 Å². The highest BCUT2D eigenvalue weighted by atomic mass is 32.1. The fourth-order valence-corrected chi connectivity index (χ4v) is 3.99. The molecule has 0 atom stereocenters. The zero-order valence-electron chi connectivity index (χ0n) is 16.8. The fourth-order valence-electron chi connectivity index (χ4n) is 3.13. The minimum Gasteiger partial charge on any atom is -0.466 e. The summed E-state index contributed by atoms with van der Waals surface area (Å²) in [5, 5.41) is 1.87. The van der Waals surface area contributed by atoms with Crippen molar-refractivity contribution in [1.82, 2.24) is 0 Å². The predicted molar refractivity (Wildman–Crippen MR) is 112 cm³/mol. The number of ether oxygens (including phenoxy) is 3. The van der Waals surface area contributed by atoms with E-state index in [9.17, 15) is 14.4 Å². The van der Waals surface area contributed by atoms with Gasteiger partial charge in [0.15, 0.2) is 0 Å². The van der Waals surface area contributed by atoms with Gasteiger partial charge in [-0.25, -0.2) is 14.4 Å². The first-order chi connectivity index (χ1) is 14.5. The van der Waals surface area contributed by atoms with E-state index in [0.717, 1.165) is 4.88 Å². The lowest BCUT2D eigenvalue weighted by Gasteiger charge is -2.29. The molecule has 0 amide bonds. The Bertz CT molecular complexity index is 957. The van der Waals surface area contributed by atoms with Gasteiger partial charge in [0.2, 0.25) is 0 Å². The lowest BCUT2D eigenvalue weighted by Crippen LogP contribution is -2.28. The quantitative estimate of drug-likeness (QED) is 0.514. The molecule has 0 N–H and O–H groups in total. The minimum atomic E-state index is -0.597. The number of rotatable bonds is 6. The van der Waals surface area contributed by atoms with Gasteiger partial charge in [-0.15, -0.1) is 11.3 Å². The molecule has 1 aliphatic heterocycles. The van der Waals surface area contributed by atoms with E-state index < -0.39 is 23.8 Å². The molecular formula is C22H21NO6S. The maximum Gasteiger partial charge on any atom is 0.338 e. The van der Waals surface area contributed by atoms with Gasteiger partial charge in [-0.2, -0.15) is 0 Å². The number of benzene rings is 1. The lowest BCUT2D eigenvalue weighted by atomic mass is 9.88. The fraction of sp³-hybridized carbons (Fsp3) is 0.227. The number of thiophene rings is 1. The van der Waals surface area contributed by atoms with Crippen LogP contribution in [0.2, 0.25) is 0 Å². The standard InChI is InChI=1S/C22H21NO6S/c1-4-29-20(24)14-7-9-15(10-8-14)23-12-16(21(25)27-2)19(18-6-5-11-30-18)17(13-23)22(26)28-3/h5-13,19H,4H2,1-3H3. The van der Waals surface area contributed by atoms with Crippen LogP contribution in [0.25, 0.3) is 0 Å². The van der Waals surface area contributed by atoms with Crippen LogP contribution in [0.5, 0.6) is 0 Å². The summed E-state index contributed by atoms with van der Waals surface area (Å²) in [4.78, 5) is 39.5. The second-order valence-corrected chi connectivity index (χ2v) is 7.25. The monoisotopic (exact) mass is 427 g/mol. The number of esters is 3. The van der Waals surface area contributed by atoms with Crippen LogP contribution >= 0.6 is 11.3 Å². The SMILES string of the molecule is CCOC(=O)c1ccc(N2C=C(C(=O)OC)C(c3cccs3)C(C(=O)OC)=C2)cc1. The molecule has 3 rings (SSSR count). The number of nitrogens with zero attached hydrogens (tertiary/aromatic N) is 1. The maximum atomic E-state index is 12.6. The second-order valence-electron chi connectivity index (χ2n) is 6.28. The number of hydrogen-bond acceptors (Lipinski definition) is 8. The minimum absolute atomic E-state index is 0.285. The summed E-state index contributed by atoms with van der Waals surface area (Å²) in [6.45, 7) is 2.02. The first-order valence-electron chi connectivity index (χ1n) is 9.19. The Morgan fingerprint density at radius 2 is 1.53 bits per heavy atom. The van der Waals surface area contributed by atoms with Gasteiger partial charge >= 0.3 is 17.9 Å². The summed E-state index contributed by atoms with van der Waals surface area (Å²) in [6, 6.07) is 10.4. The molecule has 30 heavy (non-hydrogen) atoms. The molecule has 0 aliphatic carbocycles. The van der Waals surface area contributed by atoms with Gasteiger partial charge in [-0.1, -0.05) is 6.07 Å². The molecule has 1 aliphatic rings. The lowest BCUT2D eigenvalue weighted by molar-refractivity contribution is -0.137. The van der Waals surface area contributed by atoms with Gasteiger partial charge in [0, 0.05) is 23.0 Å². The Kier molecular flexibility index (Phi) is 6.68. The van der Waals surface area contributed by atoms with E-state index >= 15 is 0 Å². The van der Waals surface area contributed by atoms with E-state index in [-0.39, 0.29) is 6.61 Å². The molecule has 8 heteroatoms. The zero-order valence-corrected chi connectivity index (χ0v) is 17.6. The van der Waals surface area contributed by atoms with Gasteiger partial charge in [-0.05, 0) is 42.6 Å². The third-order valence-electron chi connectivity index (χ3n) is 4.52. The topological polar surface area (TPSA) is 82.1 Å². The first-order valence-corrected chi connectivity index (χ1v) is 10.1. The first kappa shape index (κ1) is 21.3. The Balaban J connectivity index is 2.05. The molecule has 1 aromatic heterocycles. The zero-order chi connectivity index (χ0) is 21.7. The summed E-state index contributed by atoms with van der Waals surface area (Å²) in [7, 11) is 2.59. The second kappa shape index (κ2) is 9.41. The van der Waals surface area contributed by atoms with Gasteiger partial charge in [0.25, 0.3) is 0 Å². The van der Waals surface area contributed by atoms with E-state index in [1.165, 1.54) is 25.6 Å². The van der Waals surface area contributed by atoms with E-state index in [1.807, 2.05) is 17.5 Å². The van der Waals surface area contributed by atoms with Crippen LogP contribution in [0, 0.1) is 0 Å². The van der Waals surface area contributed by atoms with Crippen molar-refractivity contribution in [3.05, 3.63) is 75.8 Å². The van der Waals surface area contributed by atoms with Crippen LogP contribution < -0.4 is 4.90 Å². The molecule has 156 valence electrons. The van der Waals surface area contributed by atoms with Crippen molar-refractivity contribution in [2.75, 3.05) is 25.7 Å². The molecule has 7 nitrogen and oxygen atoms in total. The van der Waals surface area contributed by atoms with E-state index in [0.29, 0.717) is 22.4 Å². The van der Waals surface area contributed by atoms with Crippen molar-refractivity contribution in [2.24, 2.45) is 0 Å². The summed E-state index contributed by atoms with van der Waals surface area (Å²) < 4.78 is 14.9. The van der Waals surface area contributed by atoms with Crippen molar-refractivity contribution >= 4 is 34.9 Å². The summed E-state index contributed by atoms with van der Waals surface area (Å²) in [5.74, 6) is -2.11. The molecule has 1 aromatic carbocycles. The van der Waals surface area contributed by atoms with Crippen molar-refractivity contribution in [1.29, 1.82) is 0 Å². The predicted octanol–water partition coefficient (Wildman–Crippen LogP) is 3.64. The summed E-state index contributed by atoms with van der Waals surface area (Å²) >= 11 is 1.43. The molecule has 0 bridgehead atoms. The third-order valence-corrected chi connectivity index (χ3v) is 5.46. The summed E-state index contributed by atoms with van der Waals surface area (Å²) in [5.41, 5.74) is 1.66. The average molecular weight is 427 g/mol. The van der Waals surface area contributed by atoms with Crippen LogP contribution in [0.4, 0.5) is 5.69 Å². The highest BCUT2D eigenvalue weighted by Crippen LogP contribution is 2.40. The van der Waals surface area contributed by atoms with E-state index in [2.05, 4.69) is 0 Å². The number of methoxy groups -OCH3 is 2. The molecule has 0 saturated carbocycles. The summed E-state index contributed by atoms with van der Waals surface area (Å²) in [6.07, 6.45) is 3.25. The highest BCUT2D eigenvalue weighted by Gasteiger charge is 2.36. The van der Waals surface area contributed by atoms with Gasteiger partial charge in [0.05, 0.1) is 43.5 Å². The third kappa shape index (κ3) is 4.28. The van der Waals surface area contributed by atoms with Crippen LogP contribution in [-0.4, -0.2) is 38.7 Å². The van der Waals surface area contributed by atoms with Crippen molar-refractivity contribution in [3.63, 3.8) is 0 Å². The molecule has 0 spiro atoms. The van der Waals surface area contributed by atoms with Crippen molar-refractivity contribution in [3.8, 4) is 0 Å². The largest absolute Gasteiger partial charge is 0.466 e. The van der Waals surface area contributed by atoms with Crippen LogP contribution in [0.1, 0.15) is 28.1 Å². The van der Waals surface area contributed by atoms with E-state index in [4.69, 9.17) is 14.2 Å². The molecule has 2 aromatic rings. The highest BCUT2D eigenvalue weighted by molar-refractivity contribution is 7.10. The molecule has 0 radical (unpaired) electrons. The molecule has 0 saturated heterocycles. The van der Waals surface area contributed by atoms with Crippen molar-refractivity contribution < 1.29 is 28.6 Å². The average Bonchev–Trinajstić information content (AvgIpc) is 3.32. The van der Waals surface area contributed by atoms with Crippen LogP contribution in [0.3, 0.4) is 0 Å². The Labute approximate surface area is 178 Å². The van der Waals surface area contributed by atoms with Gasteiger partial charge in [0.1, 0.15) is 0 Å². The molecule has 0 unspecified atom stereocenters. The normalized spacial score (nSPS) is 13.9. The number of hydrogen-bond donors (Lipinski definition) is 0. The van der Waals surface area contributed by atoms with E-state index in [1.54, 1.807) is 48.5 Å². The maximum absolute atomic E-state index is 12.6. The number of carbonyl (C=O) groups excluding carboxylic acids is 3. The number of carbonyl (C=O) groups is 3. The number of anilines is 1. The van der Waals surface area contributed by atoms with Gasteiger partial charge < -0.3 is 19.1 Å². The van der Waals surface area contributed by atoms with Crippen LogP contribution in [0.15, 0.2) is 65.3 Å². The van der Waals surface area contributed by atoms with Gasteiger partial charge in [-0.3, -0.25) is 0 Å². The Hall–Kier alpha value is -3.39. The smallest absolute Gasteiger partial charge is 0.338 e.